The zero-order chi connectivity index (χ0) is 11.6. The maximum absolute atomic E-state index is 13.0. The smallest absolute Gasteiger partial charge is 0.125 e. The van der Waals surface area contributed by atoms with Gasteiger partial charge < -0.3 is 15.3 Å². The first-order valence-electron chi connectivity index (χ1n) is 5.47. The van der Waals surface area contributed by atoms with Gasteiger partial charge in [-0.25, -0.2) is 4.39 Å². The van der Waals surface area contributed by atoms with Crippen molar-refractivity contribution in [2.45, 2.75) is 12.0 Å². The Hall–Kier alpha value is -1.13. The number of rotatable bonds is 3. The Bertz CT molecular complexity index is 372. The predicted octanol–water partition coefficient (Wildman–Crippen LogP) is 1.30. The minimum atomic E-state index is -0.331. The lowest BCUT2D eigenvalue weighted by atomic mass is 9.99. The summed E-state index contributed by atoms with van der Waals surface area (Å²) in [6.07, 6.45) is 0.872. The van der Waals surface area contributed by atoms with Gasteiger partial charge in [-0.1, -0.05) is 6.07 Å². The lowest BCUT2D eigenvalue weighted by molar-refractivity contribution is 0.212. The van der Waals surface area contributed by atoms with E-state index in [4.69, 9.17) is 0 Å². The molecule has 1 aromatic rings. The van der Waals surface area contributed by atoms with Crippen LogP contribution < -0.4 is 5.32 Å². The van der Waals surface area contributed by atoms with Crippen molar-refractivity contribution in [2.75, 3.05) is 32.1 Å². The van der Waals surface area contributed by atoms with E-state index in [2.05, 4.69) is 10.2 Å². The second-order valence-electron chi connectivity index (χ2n) is 4.56. The van der Waals surface area contributed by atoms with Crippen LogP contribution in [-0.4, -0.2) is 42.3 Å². The molecule has 1 saturated heterocycles. The van der Waals surface area contributed by atoms with Crippen LogP contribution in [0.1, 0.15) is 6.42 Å². The summed E-state index contributed by atoms with van der Waals surface area (Å²) in [5.41, 5.74) is 0.395. The highest BCUT2D eigenvalue weighted by atomic mass is 19.1. The van der Waals surface area contributed by atoms with Crippen molar-refractivity contribution in [3.8, 4) is 0 Å². The highest BCUT2D eigenvalue weighted by molar-refractivity contribution is 5.46. The molecule has 1 fully saturated rings. The largest absolute Gasteiger partial charge is 0.394 e. The molecular formula is C12H17FN2O. The van der Waals surface area contributed by atoms with E-state index in [-0.39, 0.29) is 18.0 Å². The molecule has 1 aromatic carbocycles. The first kappa shape index (κ1) is 11.4. The maximum Gasteiger partial charge on any atom is 0.125 e. The van der Waals surface area contributed by atoms with Crippen LogP contribution in [-0.2, 0) is 0 Å². The number of anilines is 1. The first-order chi connectivity index (χ1) is 7.63. The molecule has 0 aromatic heterocycles. The Kier molecular flexibility index (Phi) is 3.12. The zero-order valence-corrected chi connectivity index (χ0v) is 9.41. The highest BCUT2D eigenvalue weighted by Gasteiger charge is 2.35. The zero-order valence-electron chi connectivity index (χ0n) is 9.41. The van der Waals surface area contributed by atoms with E-state index in [1.54, 1.807) is 6.07 Å². The van der Waals surface area contributed by atoms with E-state index in [1.807, 2.05) is 13.1 Å². The van der Waals surface area contributed by atoms with Crippen molar-refractivity contribution in [1.29, 1.82) is 0 Å². The lowest BCUT2D eigenvalue weighted by Crippen LogP contribution is -2.44. The number of hydrogen-bond acceptors (Lipinski definition) is 3. The van der Waals surface area contributed by atoms with E-state index in [0.717, 1.165) is 25.2 Å². The number of likely N-dealkylation sites (tertiary alicyclic amines) is 1. The van der Waals surface area contributed by atoms with Crippen molar-refractivity contribution in [3.63, 3.8) is 0 Å². The Labute approximate surface area is 94.9 Å². The highest BCUT2D eigenvalue weighted by Crippen LogP contribution is 2.25. The van der Waals surface area contributed by atoms with Gasteiger partial charge in [-0.05, 0) is 31.7 Å². The molecule has 1 aliphatic heterocycles. The number of benzene rings is 1. The summed E-state index contributed by atoms with van der Waals surface area (Å²) in [5, 5.41) is 12.7. The molecule has 0 bridgehead atoms. The Morgan fingerprint density at radius 1 is 1.56 bits per heavy atom. The van der Waals surface area contributed by atoms with E-state index in [9.17, 15) is 9.50 Å². The Morgan fingerprint density at radius 3 is 2.94 bits per heavy atom. The molecule has 2 rings (SSSR count). The minimum Gasteiger partial charge on any atom is -0.394 e. The molecule has 16 heavy (non-hydrogen) atoms. The summed E-state index contributed by atoms with van der Waals surface area (Å²) < 4.78 is 13.0. The van der Waals surface area contributed by atoms with Crippen LogP contribution in [0.5, 0.6) is 0 Å². The monoisotopic (exact) mass is 224 g/mol. The van der Waals surface area contributed by atoms with Crippen LogP contribution >= 0.6 is 0 Å². The fourth-order valence-electron chi connectivity index (χ4n) is 2.22. The van der Waals surface area contributed by atoms with Gasteiger partial charge in [0.1, 0.15) is 5.82 Å². The topological polar surface area (TPSA) is 35.5 Å². The summed E-state index contributed by atoms with van der Waals surface area (Å²) in [7, 11) is 2.02. The number of halogens is 1. The Morgan fingerprint density at radius 2 is 2.38 bits per heavy atom. The van der Waals surface area contributed by atoms with Crippen LogP contribution in [0, 0.1) is 5.82 Å². The van der Waals surface area contributed by atoms with E-state index in [1.165, 1.54) is 12.1 Å². The average Bonchev–Trinajstić information content (AvgIpc) is 2.61. The average molecular weight is 224 g/mol. The lowest BCUT2D eigenvalue weighted by Gasteiger charge is -2.29. The second-order valence-corrected chi connectivity index (χ2v) is 4.56. The normalized spacial score (nSPS) is 25.9. The van der Waals surface area contributed by atoms with Gasteiger partial charge in [0, 0.05) is 18.8 Å². The molecular weight excluding hydrogens is 207 g/mol. The molecule has 1 heterocycles. The summed E-state index contributed by atoms with van der Waals surface area (Å²) >= 11 is 0. The third-order valence-corrected chi connectivity index (χ3v) is 3.08. The number of aliphatic hydroxyl groups is 1. The second kappa shape index (κ2) is 4.39. The van der Waals surface area contributed by atoms with Gasteiger partial charge in [0.25, 0.3) is 0 Å². The molecule has 0 amide bonds. The number of aliphatic hydroxyl groups excluding tert-OH is 1. The van der Waals surface area contributed by atoms with Gasteiger partial charge in [-0.15, -0.1) is 0 Å². The fourth-order valence-corrected chi connectivity index (χ4v) is 2.22. The molecule has 2 N–H and O–H groups in total. The summed E-state index contributed by atoms with van der Waals surface area (Å²) in [5.74, 6) is -0.260. The van der Waals surface area contributed by atoms with Crippen molar-refractivity contribution in [3.05, 3.63) is 30.1 Å². The molecule has 0 saturated carbocycles. The third-order valence-electron chi connectivity index (χ3n) is 3.08. The number of nitrogens with zero attached hydrogens (tertiary/aromatic N) is 1. The van der Waals surface area contributed by atoms with Crippen molar-refractivity contribution in [2.24, 2.45) is 0 Å². The third kappa shape index (κ3) is 2.33. The Balaban J connectivity index is 2.13. The van der Waals surface area contributed by atoms with Gasteiger partial charge in [-0.3, -0.25) is 0 Å². The van der Waals surface area contributed by atoms with E-state index >= 15 is 0 Å². The fraction of sp³-hybridized carbons (Fsp3) is 0.500. The predicted molar refractivity (Wildman–Crippen MR) is 62.0 cm³/mol. The number of likely N-dealkylation sites (N-methyl/N-ethyl adjacent to an activating group) is 1. The molecule has 1 atom stereocenters. The van der Waals surface area contributed by atoms with Crippen LogP contribution in [0.4, 0.5) is 10.1 Å². The van der Waals surface area contributed by atoms with Crippen LogP contribution in [0.3, 0.4) is 0 Å². The van der Waals surface area contributed by atoms with Gasteiger partial charge in [0.2, 0.25) is 0 Å². The molecule has 0 radical (unpaired) electrons. The first-order valence-corrected chi connectivity index (χ1v) is 5.47. The number of nitrogens with one attached hydrogen (secondary N) is 1. The molecule has 4 heteroatoms. The van der Waals surface area contributed by atoms with Gasteiger partial charge in [-0.2, -0.15) is 0 Å². The minimum absolute atomic E-state index is 0.0633. The molecule has 1 aliphatic rings. The summed E-state index contributed by atoms with van der Waals surface area (Å²) in [4.78, 5) is 2.16. The van der Waals surface area contributed by atoms with E-state index in [0.29, 0.717) is 0 Å². The SMILES string of the molecule is CN1CCC(CO)(Nc2cccc(F)c2)C1. The standard InChI is InChI=1S/C12H17FN2O/c1-15-6-5-12(8-15,9-16)14-11-4-2-3-10(13)7-11/h2-4,7,14,16H,5-6,8-9H2,1H3. The van der Waals surface area contributed by atoms with Crippen molar-refractivity contribution >= 4 is 5.69 Å². The molecule has 0 spiro atoms. The van der Waals surface area contributed by atoms with Gasteiger partial charge in [0.15, 0.2) is 0 Å². The van der Waals surface area contributed by atoms with Crippen LogP contribution in [0.2, 0.25) is 0 Å². The molecule has 88 valence electrons. The molecule has 3 nitrogen and oxygen atoms in total. The maximum atomic E-state index is 13.0. The van der Waals surface area contributed by atoms with Crippen molar-refractivity contribution in [1.82, 2.24) is 4.90 Å². The molecule has 0 aliphatic carbocycles. The van der Waals surface area contributed by atoms with Gasteiger partial charge in [0.05, 0.1) is 12.1 Å². The molecule has 1 unspecified atom stereocenters. The van der Waals surface area contributed by atoms with Crippen molar-refractivity contribution < 1.29 is 9.50 Å². The van der Waals surface area contributed by atoms with Crippen LogP contribution in [0.15, 0.2) is 24.3 Å². The van der Waals surface area contributed by atoms with Gasteiger partial charge >= 0.3 is 0 Å². The number of hydrogen-bond donors (Lipinski definition) is 2. The van der Waals surface area contributed by atoms with E-state index < -0.39 is 0 Å². The summed E-state index contributed by atoms with van der Waals surface area (Å²) in [6, 6.07) is 6.35. The quantitative estimate of drug-likeness (QED) is 0.812. The van der Waals surface area contributed by atoms with Crippen LogP contribution in [0.25, 0.3) is 0 Å². The summed E-state index contributed by atoms with van der Waals surface area (Å²) in [6.45, 7) is 1.79.